The van der Waals surface area contributed by atoms with Gasteiger partial charge in [0.1, 0.15) is 11.5 Å². The first-order valence-corrected chi connectivity index (χ1v) is 7.43. The van der Waals surface area contributed by atoms with Crippen LogP contribution >= 0.6 is 11.6 Å². The normalized spacial score (nSPS) is 10.1. The minimum absolute atomic E-state index is 0.106. The molecule has 0 fully saturated rings. The number of nitrogens with one attached hydrogen (secondary N) is 2. The number of aryl methyl sites for hydroxylation is 1. The summed E-state index contributed by atoms with van der Waals surface area (Å²) in [5, 5.41) is 6.45. The molecular formula is C17H19ClN2O3. The number of rotatable bonds is 6. The van der Waals surface area contributed by atoms with E-state index in [2.05, 4.69) is 10.6 Å². The third-order valence-corrected chi connectivity index (χ3v) is 3.56. The van der Waals surface area contributed by atoms with Crippen molar-refractivity contribution in [3.05, 3.63) is 47.0 Å². The Bertz CT molecular complexity index is 704. The molecule has 0 radical (unpaired) electrons. The SMILES string of the molecule is COc1ccc(NCC(=O)Nc2cc(Cl)ccc2C)c(OC)c1. The molecule has 0 aliphatic rings. The minimum Gasteiger partial charge on any atom is -0.497 e. The zero-order chi connectivity index (χ0) is 16.8. The highest BCUT2D eigenvalue weighted by molar-refractivity contribution is 6.31. The first-order chi connectivity index (χ1) is 11.0. The Morgan fingerprint density at radius 3 is 2.57 bits per heavy atom. The Kier molecular flexibility index (Phi) is 5.71. The van der Waals surface area contributed by atoms with Gasteiger partial charge in [0.05, 0.1) is 26.5 Å². The third-order valence-electron chi connectivity index (χ3n) is 3.32. The summed E-state index contributed by atoms with van der Waals surface area (Å²) in [5.74, 6) is 1.12. The second-order valence-electron chi connectivity index (χ2n) is 4.93. The van der Waals surface area contributed by atoms with Crippen molar-refractivity contribution in [3.63, 3.8) is 0 Å². The van der Waals surface area contributed by atoms with Crippen LogP contribution in [0.15, 0.2) is 36.4 Å². The van der Waals surface area contributed by atoms with Crippen molar-refractivity contribution in [2.75, 3.05) is 31.4 Å². The van der Waals surface area contributed by atoms with E-state index in [-0.39, 0.29) is 12.5 Å². The molecule has 1 amide bonds. The molecule has 0 unspecified atom stereocenters. The fraction of sp³-hybridized carbons (Fsp3) is 0.235. The molecule has 0 atom stereocenters. The quantitative estimate of drug-likeness (QED) is 0.845. The largest absolute Gasteiger partial charge is 0.497 e. The van der Waals surface area contributed by atoms with Crippen LogP contribution < -0.4 is 20.1 Å². The highest BCUT2D eigenvalue weighted by atomic mass is 35.5. The van der Waals surface area contributed by atoms with Crippen molar-refractivity contribution in [1.29, 1.82) is 0 Å². The number of ether oxygens (including phenoxy) is 2. The zero-order valence-electron chi connectivity index (χ0n) is 13.3. The van der Waals surface area contributed by atoms with E-state index in [4.69, 9.17) is 21.1 Å². The van der Waals surface area contributed by atoms with E-state index in [1.165, 1.54) is 0 Å². The molecule has 2 N–H and O–H groups in total. The van der Waals surface area contributed by atoms with Crippen LogP contribution in [0.4, 0.5) is 11.4 Å². The van der Waals surface area contributed by atoms with Crippen molar-refractivity contribution >= 4 is 28.9 Å². The molecule has 2 rings (SSSR count). The van der Waals surface area contributed by atoms with Crippen LogP contribution in [0.25, 0.3) is 0 Å². The van der Waals surface area contributed by atoms with Crippen LogP contribution in [-0.4, -0.2) is 26.7 Å². The third kappa shape index (κ3) is 4.53. The van der Waals surface area contributed by atoms with Crippen molar-refractivity contribution in [3.8, 4) is 11.5 Å². The molecule has 0 spiro atoms. The average Bonchev–Trinajstić information content (AvgIpc) is 2.56. The van der Waals surface area contributed by atoms with E-state index in [9.17, 15) is 4.79 Å². The summed E-state index contributed by atoms with van der Waals surface area (Å²) in [5.41, 5.74) is 2.36. The monoisotopic (exact) mass is 334 g/mol. The van der Waals surface area contributed by atoms with Gasteiger partial charge in [0.2, 0.25) is 5.91 Å². The Balaban J connectivity index is 2.00. The lowest BCUT2D eigenvalue weighted by Gasteiger charge is -2.13. The molecule has 2 aromatic rings. The van der Waals surface area contributed by atoms with Crippen molar-refractivity contribution in [2.45, 2.75) is 6.92 Å². The van der Waals surface area contributed by atoms with Crippen LogP contribution in [0.1, 0.15) is 5.56 Å². The van der Waals surface area contributed by atoms with Gasteiger partial charge < -0.3 is 20.1 Å². The molecule has 0 aliphatic carbocycles. The van der Waals surface area contributed by atoms with Gasteiger partial charge in [0.25, 0.3) is 0 Å². The van der Waals surface area contributed by atoms with E-state index in [1.54, 1.807) is 44.6 Å². The highest BCUT2D eigenvalue weighted by Gasteiger charge is 2.08. The summed E-state index contributed by atoms with van der Waals surface area (Å²) in [6.45, 7) is 2.01. The number of carbonyl (C=O) groups excluding carboxylic acids is 1. The topological polar surface area (TPSA) is 59.6 Å². The van der Waals surface area contributed by atoms with E-state index in [0.29, 0.717) is 27.9 Å². The molecule has 0 aromatic heterocycles. The standard InChI is InChI=1S/C17H19ClN2O3/c1-11-4-5-12(18)8-15(11)20-17(21)10-19-14-7-6-13(22-2)9-16(14)23-3/h4-9,19H,10H2,1-3H3,(H,20,21). The van der Waals surface area contributed by atoms with E-state index < -0.39 is 0 Å². The van der Waals surface area contributed by atoms with Gasteiger partial charge in [-0.1, -0.05) is 17.7 Å². The number of benzene rings is 2. The molecule has 0 aliphatic heterocycles. The van der Waals surface area contributed by atoms with Crippen molar-refractivity contribution < 1.29 is 14.3 Å². The van der Waals surface area contributed by atoms with Crippen molar-refractivity contribution in [1.82, 2.24) is 0 Å². The lowest BCUT2D eigenvalue weighted by Crippen LogP contribution is -2.22. The molecule has 122 valence electrons. The molecule has 0 saturated heterocycles. The first kappa shape index (κ1) is 17.0. The van der Waals surface area contributed by atoms with Crippen LogP contribution in [-0.2, 0) is 4.79 Å². The van der Waals surface area contributed by atoms with Crippen LogP contribution in [0, 0.1) is 6.92 Å². The Morgan fingerprint density at radius 2 is 1.87 bits per heavy atom. The van der Waals surface area contributed by atoms with Gasteiger partial charge in [0, 0.05) is 16.8 Å². The summed E-state index contributed by atoms with van der Waals surface area (Å²) in [4.78, 5) is 12.1. The van der Waals surface area contributed by atoms with Gasteiger partial charge in [-0.25, -0.2) is 0 Å². The highest BCUT2D eigenvalue weighted by Crippen LogP contribution is 2.28. The lowest BCUT2D eigenvalue weighted by molar-refractivity contribution is -0.114. The molecule has 23 heavy (non-hydrogen) atoms. The summed E-state index contributed by atoms with van der Waals surface area (Å²) in [6, 6.07) is 10.7. The lowest BCUT2D eigenvalue weighted by atomic mass is 10.2. The first-order valence-electron chi connectivity index (χ1n) is 7.05. The Labute approximate surface area is 140 Å². The predicted octanol–water partition coefficient (Wildman–Crippen LogP) is 3.72. The number of methoxy groups -OCH3 is 2. The van der Waals surface area contributed by atoms with Crippen LogP contribution in [0.3, 0.4) is 0 Å². The van der Waals surface area contributed by atoms with E-state index in [0.717, 1.165) is 5.56 Å². The van der Waals surface area contributed by atoms with Gasteiger partial charge in [0.15, 0.2) is 0 Å². The van der Waals surface area contributed by atoms with Crippen LogP contribution in [0.5, 0.6) is 11.5 Å². The number of halogens is 1. The second kappa shape index (κ2) is 7.74. The molecule has 0 bridgehead atoms. The fourth-order valence-electron chi connectivity index (χ4n) is 2.04. The number of amides is 1. The van der Waals surface area contributed by atoms with E-state index in [1.807, 2.05) is 13.0 Å². The number of carbonyl (C=O) groups is 1. The zero-order valence-corrected chi connectivity index (χ0v) is 14.0. The number of hydrogen-bond donors (Lipinski definition) is 2. The minimum atomic E-state index is -0.173. The Morgan fingerprint density at radius 1 is 1.09 bits per heavy atom. The summed E-state index contributed by atoms with van der Waals surface area (Å²) >= 11 is 5.95. The molecule has 2 aromatic carbocycles. The Hall–Kier alpha value is -2.40. The fourth-order valence-corrected chi connectivity index (χ4v) is 2.22. The predicted molar refractivity (Wildman–Crippen MR) is 92.9 cm³/mol. The maximum absolute atomic E-state index is 12.1. The molecule has 0 heterocycles. The molecule has 0 saturated carbocycles. The maximum atomic E-state index is 12.1. The molecular weight excluding hydrogens is 316 g/mol. The summed E-state index contributed by atoms with van der Waals surface area (Å²) in [7, 11) is 3.15. The smallest absolute Gasteiger partial charge is 0.243 e. The summed E-state index contributed by atoms with van der Waals surface area (Å²) < 4.78 is 10.4. The summed E-state index contributed by atoms with van der Waals surface area (Å²) in [6.07, 6.45) is 0. The number of anilines is 2. The average molecular weight is 335 g/mol. The van der Waals surface area contributed by atoms with Gasteiger partial charge in [-0.2, -0.15) is 0 Å². The molecule has 5 nitrogen and oxygen atoms in total. The van der Waals surface area contributed by atoms with Crippen LogP contribution in [0.2, 0.25) is 5.02 Å². The maximum Gasteiger partial charge on any atom is 0.243 e. The van der Waals surface area contributed by atoms with E-state index >= 15 is 0 Å². The molecule has 6 heteroatoms. The van der Waals surface area contributed by atoms with Gasteiger partial charge in [-0.05, 0) is 36.8 Å². The van der Waals surface area contributed by atoms with Gasteiger partial charge >= 0.3 is 0 Å². The van der Waals surface area contributed by atoms with Gasteiger partial charge in [-0.3, -0.25) is 4.79 Å². The van der Waals surface area contributed by atoms with Gasteiger partial charge in [-0.15, -0.1) is 0 Å². The van der Waals surface area contributed by atoms with Crippen molar-refractivity contribution in [2.24, 2.45) is 0 Å². The second-order valence-corrected chi connectivity index (χ2v) is 5.36. The number of hydrogen-bond acceptors (Lipinski definition) is 4.